The fourth-order valence-corrected chi connectivity index (χ4v) is 5.44. The van der Waals surface area contributed by atoms with Crippen molar-refractivity contribution in [1.29, 1.82) is 0 Å². The summed E-state index contributed by atoms with van der Waals surface area (Å²) < 4.78 is 5.92. The summed E-state index contributed by atoms with van der Waals surface area (Å²) in [7, 11) is 0. The summed E-state index contributed by atoms with van der Waals surface area (Å²) in [6.07, 6.45) is 3.78. The molecule has 0 saturated carbocycles. The van der Waals surface area contributed by atoms with Crippen molar-refractivity contribution < 1.29 is 24.5 Å². The maximum atomic E-state index is 13.2. The highest BCUT2D eigenvalue weighted by molar-refractivity contribution is 7.09. The quantitative estimate of drug-likeness (QED) is 0.406. The third-order valence-corrected chi connectivity index (χ3v) is 8.10. The Labute approximate surface area is 214 Å². The van der Waals surface area contributed by atoms with Gasteiger partial charge in [-0.3, -0.25) is 9.59 Å². The lowest BCUT2D eigenvalue weighted by atomic mass is 9.73. The Morgan fingerprint density at radius 2 is 1.86 bits per heavy atom. The number of thiazole rings is 1. The van der Waals surface area contributed by atoms with Crippen LogP contribution < -0.4 is 0 Å². The average Bonchev–Trinajstić information content (AvgIpc) is 3.19. The van der Waals surface area contributed by atoms with Gasteiger partial charge in [-0.25, -0.2) is 4.98 Å². The molecule has 0 spiro atoms. The van der Waals surface area contributed by atoms with Gasteiger partial charge in [0.1, 0.15) is 11.9 Å². The molecule has 1 unspecified atom stereocenters. The molecule has 196 valence electrons. The van der Waals surface area contributed by atoms with E-state index < -0.39 is 35.6 Å². The second kappa shape index (κ2) is 12.4. The van der Waals surface area contributed by atoms with E-state index in [-0.39, 0.29) is 24.0 Å². The first-order chi connectivity index (χ1) is 16.2. The van der Waals surface area contributed by atoms with Gasteiger partial charge in [0.15, 0.2) is 0 Å². The van der Waals surface area contributed by atoms with Crippen LogP contribution in [0.2, 0.25) is 0 Å². The number of aryl methyl sites for hydroxylation is 1. The third kappa shape index (κ3) is 7.83. The molecule has 2 heterocycles. The summed E-state index contributed by atoms with van der Waals surface area (Å²) in [6, 6.07) is 0. The molecular weight excluding hydrogens is 462 g/mol. The van der Waals surface area contributed by atoms with Crippen LogP contribution in [0.5, 0.6) is 0 Å². The smallest absolute Gasteiger partial charge is 0.309 e. The van der Waals surface area contributed by atoms with Gasteiger partial charge in [-0.15, -0.1) is 11.3 Å². The number of allylic oxidation sites excluding steroid dienone is 1. The largest absolute Gasteiger partial charge is 0.457 e. The minimum Gasteiger partial charge on any atom is -0.457 e. The Morgan fingerprint density at radius 1 is 1.20 bits per heavy atom. The standard InChI is InChI=1S/C28H43NO5S/c1-16-10-9-11-17(2)25(32)20(5)27(33)28(7,8)23(30)14-24(31)34-26(18(3)12-16)19(4)13-22-15-35-21(6)29-22/h12-13,15,17-18,20,23,25-26,30,32H,9-11,14H2,1-8H3/b16-12-,19-13+/t17-,18?,20+,23-,25-,26-/m0/s1. The van der Waals surface area contributed by atoms with E-state index in [4.69, 9.17) is 4.74 Å². The lowest BCUT2D eigenvalue weighted by Crippen LogP contribution is -2.45. The maximum Gasteiger partial charge on any atom is 0.309 e. The fraction of sp³-hybridized carbons (Fsp3) is 0.679. The number of ether oxygens (including phenoxy) is 1. The second-order valence-electron chi connectivity index (χ2n) is 10.9. The number of carbonyl (C=O) groups excluding carboxylic acids is 2. The molecule has 35 heavy (non-hydrogen) atoms. The van der Waals surface area contributed by atoms with Gasteiger partial charge in [0.25, 0.3) is 0 Å². The second-order valence-corrected chi connectivity index (χ2v) is 12.0. The highest BCUT2D eigenvalue weighted by Crippen LogP contribution is 2.33. The van der Waals surface area contributed by atoms with E-state index in [1.165, 1.54) is 5.57 Å². The van der Waals surface area contributed by atoms with Crippen molar-refractivity contribution in [3.63, 3.8) is 0 Å². The van der Waals surface area contributed by atoms with Gasteiger partial charge in [0.05, 0.1) is 34.7 Å². The number of hydrogen-bond donors (Lipinski definition) is 2. The number of hydrogen-bond acceptors (Lipinski definition) is 7. The number of nitrogens with zero attached hydrogens (tertiary/aromatic N) is 1. The minimum atomic E-state index is -1.22. The number of rotatable bonds is 2. The van der Waals surface area contributed by atoms with Gasteiger partial charge in [0, 0.05) is 17.2 Å². The van der Waals surface area contributed by atoms with Crippen LogP contribution in [0, 0.1) is 30.1 Å². The first-order valence-electron chi connectivity index (χ1n) is 12.6. The van der Waals surface area contributed by atoms with E-state index in [1.54, 1.807) is 32.1 Å². The zero-order chi connectivity index (χ0) is 26.5. The molecule has 6 atom stereocenters. The molecule has 1 aromatic heterocycles. The first-order valence-corrected chi connectivity index (χ1v) is 13.5. The molecule has 6 nitrogen and oxygen atoms in total. The molecule has 0 bridgehead atoms. The van der Waals surface area contributed by atoms with Crippen molar-refractivity contribution in [3.05, 3.63) is 33.3 Å². The van der Waals surface area contributed by atoms with Crippen molar-refractivity contribution in [1.82, 2.24) is 4.98 Å². The predicted molar refractivity (Wildman–Crippen MR) is 141 cm³/mol. The van der Waals surface area contributed by atoms with E-state index in [1.807, 2.05) is 39.2 Å². The fourth-order valence-electron chi connectivity index (χ4n) is 4.87. The number of cyclic esters (lactones) is 1. The molecule has 0 aliphatic carbocycles. The van der Waals surface area contributed by atoms with Crippen molar-refractivity contribution in [2.45, 2.75) is 99.4 Å². The van der Waals surface area contributed by atoms with Gasteiger partial charge in [0.2, 0.25) is 0 Å². The number of aromatic nitrogens is 1. The van der Waals surface area contributed by atoms with Crippen molar-refractivity contribution in [2.24, 2.45) is 23.2 Å². The molecule has 0 radical (unpaired) electrons. The molecule has 1 aromatic rings. The van der Waals surface area contributed by atoms with E-state index in [9.17, 15) is 19.8 Å². The SMILES string of the molecule is C/C1=C/C(C)[C@@H](/C(C)=C/c2csc(C)n2)OC(=O)C[C@H](O)C(C)(C)C(=O)[C@H](C)[C@@H](O)[C@@H](C)CCC1. The van der Waals surface area contributed by atoms with Crippen LogP contribution in [0.3, 0.4) is 0 Å². The molecule has 2 rings (SSSR count). The Kier molecular flexibility index (Phi) is 10.4. The van der Waals surface area contributed by atoms with Crippen LogP contribution in [0.25, 0.3) is 6.08 Å². The summed E-state index contributed by atoms with van der Waals surface area (Å²) in [4.78, 5) is 30.7. The van der Waals surface area contributed by atoms with Crippen LogP contribution in [-0.4, -0.2) is 45.3 Å². The summed E-state index contributed by atoms with van der Waals surface area (Å²) in [5.41, 5.74) is 1.69. The zero-order valence-corrected chi connectivity index (χ0v) is 23.3. The van der Waals surface area contributed by atoms with E-state index in [2.05, 4.69) is 18.0 Å². The Morgan fingerprint density at radius 3 is 2.46 bits per heavy atom. The Hall–Kier alpha value is -1.83. The summed E-state index contributed by atoms with van der Waals surface area (Å²) >= 11 is 1.56. The molecular formula is C28H43NO5S. The van der Waals surface area contributed by atoms with Gasteiger partial charge in [-0.1, -0.05) is 46.3 Å². The van der Waals surface area contributed by atoms with Crippen molar-refractivity contribution >= 4 is 29.2 Å². The van der Waals surface area contributed by atoms with Crippen LogP contribution in [0.4, 0.5) is 0 Å². The molecule has 2 N–H and O–H groups in total. The number of carbonyl (C=O) groups is 2. The Bertz CT molecular complexity index is 947. The van der Waals surface area contributed by atoms with E-state index in [0.29, 0.717) is 0 Å². The maximum absolute atomic E-state index is 13.2. The lowest BCUT2D eigenvalue weighted by Gasteiger charge is -2.34. The van der Waals surface area contributed by atoms with Crippen molar-refractivity contribution in [3.8, 4) is 0 Å². The Balaban J connectivity index is 2.40. The molecule has 0 amide bonds. The van der Waals surface area contributed by atoms with Gasteiger partial charge >= 0.3 is 5.97 Å². The predicted octanol–water partition coefficient (Wildman–Crippen LogP) is 5.51. The molecule has 1 aliphatic heterocycles. The molecule has 0 saturated heterocycles. The van der Waals surface area contributed by atoms with E-state index >= 15 is 0 Å². The lowest BCUT2D eigenvalue weighted by molar-refractivity contribution is -0.155. The molecule has 1 aliphatic rings. The van der Waals surface area contributed by atoms with Gasteiger partial charge < -0.3 is 14.9 Å². The summed E-state index contributed by atoms with van der Waals surface area (Å²) in [6.45, 7) is 14.9. The monoisotopic (exact) mass is 505 g/mol. The molecule has 0 fully saturated rings. The van der Waals surface area contributed by atoms with E-state index in [0.717, 1.165) is 35.5 Å². The highest BCUT2D eigenvalue weighted by atomic mass is 32.1. The number of aliphatic hydroxyl groups excluding tert-OH is 2. The summed E-state index contributed by atoms with van der Waals surface area (Å²) in [5.74, 6) is -1.59. The highest BCUT2D eigenvalue weighted by Gasteiger charge is 2.42. The first kappa shape index (κ1) is 29.4. The number of Topliss-reactive ketones (excluding diaryl/α,β-unsaturated/α-hetero) is 1. The minimum absolute atomic E-state index is 0.0514. The number of esters is 1. The van der Waals surface area contributed by atoms with Gasteiger partial charge in [-0.05, 0) is 57.6 Å². The topological polar surface area (TPSA) is 96.7 Å². The molecule has 7 heteroatoms. The van der Waals surface area contributed by atoms with Crippen LogP contribution in [-0.2, 0) is 14.3 Å². The zero-order valence-electron chi connectivity index (χ0n) is 22.5. The average molecular weight is 506 g/mol. The normalized spacial score (nSPS) is 33.7. The van der Waals surface area contributed by atoms with Crippen LogP contribution >= 0.6 is 11.3 Å². The third-order valence-electron chi connectivity index (χ3n) is 7.31. The van der Waals surface area contributed by atoms with Crippen molar-refractivity contribution in [2.75, 3.05) is 0 Å². The van der Waals surface area contributed by atoms with Gasteiger partial charge in [-0.2, -0.15) is 0 Å². The van der Waals surface area contributed by atoms with Crippen LogP contribution in [0.1, 0.15) is 84.9 Å². The van der Waals surface area contributed by atoms with Crippen LogP contribution in [0.15, 0.2) is 22.6 Å². The number of ketones is 1. The molecule has 0 aromatic carbocycles. The summed E-state index contributed by atoms with van der Waals surface area (Å²) in [5, 5.41) is 24.6. The number of aliphatic hydroxyl groups is 2.